The zero-order valence-electron chi connectivity index (χ0n) is 13.2. The lowest BCUT2D eigenvalue weighted by Crippen LogP contribution is -2.46. The number of sulfonamides is 1. The lowest BCUT2D eigenvalue weighted by molar-refractivity contribution is 0.0526. The monoisotopic (exact) mass is 338 g/mol. The Hall–Kier alpha value is -1.44. The minimum atomic E-state index is -3.50. The smallest absolute Gasteiger partial charge is 0.338 e. The van der Waals surface area contributed by atoms with Crippen LogP contribution in [0.3, 0.4) is 0 Å². The summed E-state index contributed by atoms with van der Waals surface area (Å²) in [7, 11) is -3.50. The number of nitrogens with one attached hydrogen (secondary N) is 1. The van der Waals surface area contributed by atoms with Gasteiger partial charge < -0.3 is 10.1 Å². The number of fused-ring (bicyclic) bond motifs is 1. The lowest BCUT2D eigenvalue weighted by Gasteiger charge is -2.34. The standard InChI is InChI=1S/C16H22N2O4S/c1-2-22-16(19)12-3-5-14(6-4-12)23(20,21)18-10-8-15-13(11-18)7-9-17-15/h3-6,13,15,17H,2,7-11H2,1H3. The van der Waals surface area contributed by atoms with Crippen LogP contribution >= 0.6 is 0 Å². The van der Waals surface area contributed by atoms with Crippen molar-refractivity contribution in [2.24, 2.45) is 5.92 Å². The number of carbonyl (C=O) groups is 1. The molecule has 0 bridgehead atoms. The van der Waals surface area contributed by atoms with E-state index in [-0.39, 0.29) is 4.90 Å². The second-order valence-corrected chi connectivity index (χ2v) is 7.94. The second-order valence-electron chi connectivity index (χ2n) is 6.01. The minimum Gasteiger partial charge on any atom is -0.462 e. The topological polar surface area (TPSA) is 75.7 Å². The normalized spacial score (nSPS) is 25.1. The first-order valence-corrected chi connectivity index (χ1v) is 9.47. The molecule has 2 unspecified atom stereocenters. The Kier molecular flexibility index (Phi) is 4.70. The van der Waals surface area contributed by atoms with Gasteiger partial charge in [0.2, 0.25) is 10.0 Å². The van der Waals surface area contributed by atoms with Gasteiger partial charge in [-0.15, -0.1) is 0 Å². The first-order valence-electron chi connectivity index (χ1n) is 8.03. The van der Waals surface area contributed by atoms with Gasteiger partial charge >= 0.3 is 5.97 Å². The highest BCUT2D eigenvalue weighted by atomic mass is 32.2. The van der Waals surface area contributed by atoms with E-state index in [1.54, 1.807) is 11.2 Å². The van der Waals surface area contributed by atoms with Crippen LogP contribution in [0.15, 0.2) is 29.2 Å². The van der Waals surface area contributed by atoms with Gasteiger partial charge in [-0.05, 0) is 56.5 Å². The molecule has 2 atom stereocenters. The van der Waals surface area contributed by atoms with Gasteiger partial charge in [0.05, 0.1) is 17.1 Å². The molecule has 2 heterocycles. The van der Waals surface area contributed by atoms with E-state index in [0.29, 0.717) is 37.2 Å². The Morgan fingerprint density at radius 3 is 2.74 bits per heavy atom. The fraction of sp³-hybridized carbons (Fsp3) is 0.562. The van der Waals surface area contributed by atoms with Gasteiger partial charge in [-0.1, -0.05) is 0 Å². The summed E-state index contributed by atoms with van der Waals surface area (Å²) < 4.78 is 32.0. The van der Waals surface area contributed by atoms with Crippen molar-refractivity contribution in [1.29, 1.82) is 0 Å². The molecule has 1 aromatic rings. The van der Waals surface area contributed by atoms with Crippen molar-refractivity contribution in [3.8, 4) is 0 Å². The van der Waals surface area contributed by atoms with Gasteiger partial charge in [0.15, 0.2) is 0 Å². The maximum absolute atomic E-state index is 12.8. The summed E-state index contributed by atoms with van der Waals surface area (Å²) in [5, 5.41) is 3.43. The number of ether oxygens (including phenoxy) is 1. The predicted molar refractivity (Wildman–Crippen MR) is 85.7 cm³/mol. The number of carbonyl (C=O) groups excluding carboxylic acids is 1. The Morgan fingerprint density at radius 2 is 2.04 bits per heavy atom. The van der Waals surface area contributed by atoms with Gasteiger partial charge in [-0.25, -0.2) is 13.2 Å². The average molecular weight is 338 g/mol. The molecule has 1 aromatic carbocycles. The molecule has 1 N–H and O–H groups in total. The molecular formula is C16H22N2O4S. The molecule has 0 aromatic heterocycles. The zero-order chi connectivity index (χ0) is 16.4. The molecule has 126 valence electrons. The molecule has 0 radical (unpaired) electrons. The largest absolute Gasteiger partial charge is 0.462 e. The second kappa shape index (κ2) is 6.59. The SMILES string of the molecule is CCOC(=O)c1ccc(S(=O)(=O)N2CCC3NCCC3C2)cc1. The molecular weight excluding hydrogens is 316 g/mol. The molecule has 23 heavy (non-hydrogen) atoms. The molecule has 0 amide bonds. The Morgan fingerprint density at radius 1 is 1.30 bits per heavy atom. The van der Waals surface area contributed by atoms with Crippen molar-refractivity contribution >= 4 is 16.0 Å². The van der Waals surface area contributed by atoms with Crippen LogP contribution in [0.2, 0.25) is 0 Å². The fourth-order valence-electron chi connectivity index (χ4n) is 3.36. The first-order chi connectivity index (χ1) is 11.0. The van der Waals surface area contributed by atoms with Gasteiger partial charge in [0, 0.05) is 19.1 Å². The number of nitrogens with zero attached hydrogens (tertiary/aromatic N) is 1. The van der Waals surface area contributed by atoms with Crippen LogP contribution in [0, 0.1) is 5.92 Å². The van der Waals surface area contributed by atoms with Gasteiger partial charge in [0.1, 0.15) is 0 Å². The van der Waals surface area contributed by atoms with Crippen molar-refractivity contribution in [3.05, 3.63) is 29.8 Å². The molecule has 7 heteroatoms. The first kappa shape index (κ1) is 16.4. The highest BCUT2D eigenvalue weighted by Gasteiger charge is 2.37. The van der Waals surface area contributed by atoms with Crippen LogP contribution in [0.25, 0.3) is 0 Å². The van der Waals surface area contributed by atoms with Crippen LogP contribution in [0.5, 0.6) is 0 Å². The van der Waals surface area contributed by atoms with E-state index < -0.39 is 16.0 Å². The van der Waals surface area contributed by atoms with Gasteiger partial charge in [-0.2, -0.15) is 4.31 Å². The summed E-state index contributed by atoms with van der Waals surface area (Å²) in [6.07, 6.45) is 1.88. The Labute approximate surface area is 136 Å². The van der Waals surface area contributed by atoms with Crippen LogP contribution in [0.1, 0.15) is 30.1 Å². The van der Waals surface area contributed by atoms with Crippen LogP contribution in [-0.4, -0.2) is 51.0 Å². The van der Waals surface area contributed by atoms with Gasteiger partial charge in [0.25, 0.3) is 0 Å². The van der Waals surface area contributed by atoms with E-state index in [1.165, 1.54) is 24.3 Å². The molecule has 2 fully saturated rings. The molecule has 2 saturated heterocycles. The number of piperidine rings is 1. The summed E-state index contributed by atoms with van der Waals surface area (Å²) in [4.78, 5) is 11.9. The molecule has 0 saturated carbocycles. The van der Waals surface area contributed by atoms with E-state index in [2.05, 4.69) is 5.32 Å². The maximum atomic E-state index is 12.8. The number of benzene rings is 1. The lowest BCUT2D eigenvalue weighted by atomic mass is 9.95. The van der Waals surface area contributed by atoms with E-state index >= 15 is 0 Å². The Bertz CT molecular complexity index is 672. The van der Waals surface area contributed by atoms with Crippen molar-refractivity contribution in [2.45, 2.75) is 30.7 Å². The van der Waals surface area contributed by atoms with Crippen LogP contribution in [-0.2, 0) is 14.8 Å². The molecule has 2 aliphatic heterocycles. The van der Waals surface area contributed by atoms with Crippen molar-refractivity contribution in [3.63, 3.8) is 0 Å². The van der Waals surface area contributed by atoms with Gasteiger partial charge in [-0.3, -0.25) is 0 Å². The minimum absolute atomic E-state index is 0.231. The molecule has 0 spiro atoms. The quantitative estimate of drug-likeness (QED) is 0.836. The molecule has 2 aliphatic rings. The fourth-order valence-corrected chi connectivity index (χ4v) is 4.87. The zero-order valence-corrected chi connectivity index (χ0v) is 14.0. The Balaban J connectivity index is 1.75. The number of esters is 1. The summed E-state index contributed by atoms with van der Waals surface area (Å²) in [5.74, 6) is -0.0355. The molecule has 6 nitrogen and oxygen atoms in total. The van der Waals surface area contributed by atoms with E-state index in [0.717, 1.165) is 19.4 Å². The molecule has 3 rings (SSSR count). The van der Waals surface area contributed by atoms with E-state index in [4.69, 9.17) is 4.74 Å². The third-order valence-electron chi connectivity index (χ3n) is 4.62. The van der Waals surface area contributed by atoms with E-state index in [9.17, 15) is 13.2 Å². The number of rotatable bonds is 4. The van der Waals surface area contributed by atoms with Crippen LogP contribution < -0.4 is 5.32 Å². The summed E-state index contributed by atoms with van der Waals surface area (Å²) in [6, 6.07) is 6.44. The summed E-state index contributed by atoms with van der Waals surface area (Å²) in [6.45, 7) is 4.11. The molecule has 0 aliphatic carbocycles. The maximum Gasteiger partial charge on any atom is 0.338 e. The number of hydrogen-bond donors (Lipinski definition) is 1. The van der Waals surface area contributed by atoms with Crippen LogP contribution in [0.4, 0.5) is 0 Å². The van der Waals surface area contributed by atoms with Crippen molar-refractivity contribution in [1.82, 2.24) is 9.62 Å². The predicted octanol–water partition coefficient (Wildman–Crippen LogP) is 1.24. The van der Waals surface area contributed by atoms with Crippen molar-refractivity contribution < 1.29 is 17.9 Å². The summed E-state index contributed by atoms with van der Waals surface area (Å²) >= 11 is 0. The van der Waals surface area contributed by atoms with Crippen molar-refractivity contribution in [2.75, 3.05) is 26.2 Å². The third kappa shape index (κ3) is 3.27. The highest BCUT2D eigenvalue weighted by Crippen LogP contribution is 2.28. The third-order valence-corrected chi connectivity index (χ3v) is 6.50. The average Bonchev–Trinajstić information content (AvgIpc) is 3.03. The number of hydrogen-bond acceptors (Lipinski definition) is 5. The highest BCUT2D eigenvalue weighted by molar-refractivity contribution is 7.89. The van der Waals surface area contributed by atoms with E-state index in [1.807, 2.05) is 0 Å². The summed E-state index contributed by atoms with van der Waals surface area (Å²) in [5.41, 5.74) is 0.365.